The molecule has 0 radical (unpaired) electrons. The maximum Gasteiger partial charge on any atom is 0.490 e. The van der Waals surface area contributed by atoms with Gasteiger partial charge in [0.15, 0.2) is 11.6 Å². The number of alkyl halides is 3. The first-order valence-corrected chi connectivity index (χ1v) is 11.7. The van der Waals surface area contributed by atoms with E-state index in [1.54, 1.807) is 39.8 Å². The van der Waals surface area contributed by atoms with Gasteiger partial charge in [0.25, 0.3) is 5.91 Å². The fourth-order valence-electron chi connectivity index (χ4n) is 3.47. The van der Waals surface area contributed by atoms with Crippen LogP contribution >= 0.6 is 0 Å². The smallest absolute Gasteiger partial charge is 0.475 e. The summed E-state index contributed by atoms with van der Waals surface area (Å²) < 4.78 is 80.1. The summed E-state index contributed by atoms with van der Waals surface area (Å²) in [6.07, 6.45) is -5.84. The number of amides is 2. The molecule has 0 aliphatic carbocycles. The van der Waals surface area contributed by atoms with Gasteiger partial charge in [-0.05, 0) is 51.0 Å². The van der Waals surface area contributed by atoms with Crippen molar-refractivity contribution in [2.75, 3.05) is 6.54 Å². The van der Waals surface area contributed by atoms with Crippen LogP contribution in [0, 0.1) is 31.3 Å². The topological polar surface area (TPSA) is 142 Å². The van der Waals surface area contributed by atoms with Crippen molar-refractivity contribution in [1.29, 1.82) is 0 Å². The number of carbonyl (C=O) groups is 3. The minimum atomic E-state index is -5.08. The lowest BCUT2D eigenvalue weighted by Gasteiger charge is -2.28. The van der Waals surface area contributed by atoms with Crippen molar-refractivity contribution in [1.82, 2.24) is 20.2 Å². The number of carboxylic acid groups (broad SMARTS) is 2. The Labute approximate surface area is 228 Å². The molecule has 0 bridgehead atoms. The van der Waals surface area contributed by atoms with Crippen molar-refractivity contribution in [3.05, 3.63) is 64.1 Å². The molecule has 0 saturated heterocycles. The number of aromatic nitrogens is 2. The number of hydrogen-bond acceptors (Lipinski definition) is 5. The van der Waals surface area contributed by atoms with Crippen LogP contribution in [0.3, 0.4) is 0 Å². The number of aliphatic carboxylic acids is 1. The Balaban J connectivity index is 0.000000745. The molecule has 1 unspecified atom stereocenters. The zero-order valence-electron chi connectivity index (χ0n) is 22.1. The van der Waals surface area contributed by atoms with Crippen molar-refractivity contribution >= 4 is 23.5 Å². The largest absolute Gasteiger partial charge is 0.490 e. The summed E-state index contributed by atoms with van der Waals surface area (Å²) in [5.74, 6) is -6.61. The molecular weight excluding hydrogens is 566 g/mol. The lowest BCUT2D eigenvalue weighted by molar-refractivity contribution is -0.192. The molecule has 1 atom stereocenters. The molecule has 0 saturated carbocycles. The molecule has 2 heterocycles. The highest BCUT2D eigenvalue weighted by Gasteiger charge is 2.38. The molecule has 2 amide bonds. The predicted octanol–water partition coefficient (Wildman–Crippen LogP) is 4.75. The molecule has 0 aliphatic heterocycles. The number of carbonyl (C=O) groups excluding carboxylic acids is 1. The minimum Gasteiger partial charge on any atom is -0.475 e. The third kappa shape index (κ3) is 8.25. The molecule has 16 heteroatoms. The van der Waals surface area contributed by atoms with E-state index in [0.29, 0.717) is 29.3 Å². The van der Waals surface area contributed by atoms with Gasteiger partial charge in [0.1, 0.15) is 12.4 Å². The van der Waals surface area contributed by atoms with Crippen LogP contribution in [-0.4, -0.2) is 56.1 Å². The molecule has 2 aromatic heterocycles. The van der Waals surface area contributed by atoms with Crippen molar-refractivity contribution < 1.29 is 55.7 Å². The van der Waals surface area contributed by atoms with Gasteiger partial charge in [-0.3, -0.25) is 4.79 Å². The van der Waals surface area contributed by atoms with Crippen LogP contribution in [-0.2, 0) is 11.4 Å². The van der Waals surface area contributed by atoms with Gasteiger partial charge >= 0.3 is 18.2 Å². The van der Waals surface area contributed by atoms with E-state index in [9.17, 15) is 35.9 Å². The van der Waals surface area contributed by atoms with Crippen molar-refractivity contribution in [3.63, 3.8) is 0 Å². The highest BCUT2D eigenvalue weighted by atomic mass is 19.4. The molecule has 3 rings (SSSR count). The van der Waals surface area contributed by atoms with E-state index in [0.717, 1.165) is 6.07 Å². The van der Waals surface area contributed by atoms with Gasteiger partial charge in [-0.25, -0.2) is 22.8 Å². The predicted molar refractivity (Wildman–Crippen MR) is 131 cm³/mol. The second-order valence-corrected chi connectivity index (χ2v) is 9.07. The van der Waals surface area contributed by atoms with E-state index in [-0.39, 0.29) is 18.0 Å². The number of nitrogens with zero attached hydrogens (tertiary/aromatic N) is 2. The molecule has 0 fully saturated rings. The zero-order valence-corrected chi connectivity index (χ0v) is 22.1. The summed E-state index contributed by atoms with van der Waals surface area (Å²) in [5, 5.41) is 25.6. The average molecular weight is 592 g/mol. The second-order valence-electron chi connectivity index (χ2n) is 9.07. The van der Waals surface area contributed by atoms with E-state index in [1.165, 1.54) is 4.52 Å². The molecule has 4 N–H and O–H groups in total. The maximum atomic E-state index is 14.0. The molecule has 1 aromatic carbocycles. The van der Waals surface area contributed by atoms with Crippen LogP contribution in [0.5, 0.6) is 5.88 Å². The summed E-state index contributed by atoms with van der Waals surface area (Å²) in [4.78, 5) is 32.9. The summed E-state index contributed by atoms with van der Waals surface area (Å²) >= 11 is 0. The number of benzene rings is 1. The third-order valence-corrected chi connectivity index (χ3v) is 5.82. The Hall–Kier alpha value is -4.50. The Morgan fingerprint density at radius 1 is 1.05 bits per heavy atom. The number of halogens is 6. The number of hydrogen-bond donors (Lipinski definition) is 4. The van der Waals surface area contributed by atoms with Crippen LogP contribution in [0.15, 0.2) is 24.3 Å². The Kier molecular flexibility index (Phi) is 10.2. The number of rotatable bonds is 8. The fourth-order valence-corrected chi connectivity index (χ4v) is 3.47. The number of nitrogens with one attached hydrogen (secondary N) is 2. The van der Waals surface area contributed by atoms with Gasteiger partial charge in [0.2, 0.25) is 5.88 Å². The highest BCUT2D eigenvalue weighted by molar-refractivity contribution is 6.02. The van der Waals surface area contributed by atoms with Crippen LogP contribution in [0.4, 0.5) is 31.1 Å². The molecule has 0 aliphatic rings. The van der Waals surface area contributed by atoms with E-state index in [2.05, 4.69) is 15.7 Å². The summed E-state index contributed by atoms with van der Waals surface area (Å²) in [7, 11) is 0. The molecule has 3 aromatic rings. The number of ether oxygens (including phenoxy) is 1. The Morgan fingerprint density at radius 2 is 1.63 bits per heavy atom. The van der Waals surface area contributed by atoms with Crippen LogP contribution in [0.25, 0.3) is 5.52 Å². The van der Waals surface area contributed by atoms with Gasteiger partial charge in [-0.15, -0.1) is 0 Å². The van der Waals surface area contributed by atoms with Crippen LogP contribution in [0.1, 0.15) is 47.4 Å². The molecule has 224 valence electrons. The van der Waals surface area contributed by atoms with E-state index >= 15 is 0 Å². The van der Waals surface area contributed by atoms with Gasteiger partial charge in [-0.1, -0.05) is 6.92 Å². The van der Waals surface area contributed by atoms with Crippen molar-refractivity contribution in [3.8, 4) is 5.88 Å². The van der Waals surface area contributed by atoms with Gasteiger partial charge < -0.3 is 25.6 Å². The number of pyridine rings is 1. The first kappa shape index (κ1) is 32.7. The van der Waals surface area contributed by atoms with E-state index in [4.69, 9.17) is 19.7 Å². The molecule has 10 nitrogen and oxygen atoms in total. The number of fused-ring (bicyclic) bond motifs is 1. The number of aryl methyl sites for hydroxylation is 2. The lowest BCUT2D eigenvalue weighted by Crippen LogP contribution is -2.52. The van der Waals surface area contributed by atoms with Gasteiger partial charge in [-0.2, -0.15) is 22.8 Å². The summed E-state index contributed by atoms with van der Waals surface area (Å²) in [6.45, 7) is 6.26. The standard InChI is InChI=1S/C23H25F3N4O4.C2HF3O2/c1-5-23(4,28-22(32)33)11-27-21(31)19-13(3)29-30-17(19)8-12(2)9-18(30)34-10-14-15(24)6-7-16(25)20(14)26;3-2(4,5)1(6)7/h6-9,28H,5,10-11H2,1-4H3,(H,27,31)(H,32,33);(H,6,7). The fraction of sp³-hybridized carbons (Fsp3) is 0.360. The summed E-state index contributed by atoms with van der Waals surface area (Å²) in [6, 6.07) is 4.77. The Morgan fingerprint density at radius 3 is 2.17 bits per heavy atom. The van der Waals surface area contributed by atoms with Gasteiger partial charge in [0, 0.05) is 12.6 Å². The molecule has 41 heavy (non-hydrogen) atoms. The average Bonchev–Trinajstić information content (AvgIpc) is 3.20. The van der Waals surface area contributed by atoms with Crippen LogP contribution in [0.2, 0.25) is 0 Å². The third-order valence-electron chi connectivity index (χ3n) is 5.82. The first-order chi connectivity index (χ1) is 18.9. The molecular formula is C25H26F6N4O6. The Bertz CT molecular complexity index is 1460. The van der Waals surface area contributed by atoms with E-state index in [1.807, 2.05) is 0 Å². The summed E-state index contributed by atoms with van der Waals surface area (Å²) in [5.41, 5.74) is 0.228. The van der Waals surface area contributed by atoms with Gasteiger partial charge in [0.05, 0.1) is 27.9 Å². The second kappa shape index (κ2) is 12.8. The number of carboxylic acids is 1. The monoisotopic (exact) mass is 592 g/mol. The van der Waals surface area contributed by atoms with E-state index < -0.39 is 59.3 Å². The first-order valence-electron chi connectivity index (χ1n) is 11.7. The zero-order chi connectivity index (χ0) is 31.3. The van der Waals surface area contributed by atoms with Crippen molar-refractivity contribution in [2.45, 2.75) is 52.4 Å². The quantitative estimate of drug-likeness (QED) is 0.219. The highest BCUT2D eigenvalue weighted by Crippen LogP contribution is 2.25. The minimum absolute atomic E-state index is 0.0404. The lowest BCUT2D eigenvalue weighted by atomic mass is 9.99. The van der Waals surface area contributed by atoms with Crippen molar-refractivity contribution in [2.24, 2.45) is 0 Å². The van der Waals surface area contributed by atoms with Crippen LogP contribution < -0.4 is 15.4 Å². The molecule has 0 spiro atoms. The maximum absolute atomic E-state index is 14.0. The normalized spacial score (nSPS) is 12.6. The SMILES string of the molecule is CCC(C)(CNC(=O)c1c(C)nn2c(OCc3c(F)ccc(F)c3F)cc(C)cc12)NC(=O)O.O=C(O)C(F)(F)F.